The molecule has 0 radical (unpaired) electrons. The van der Waals surface area contributed by atoms with Gasteiger partial charge in [-0.1, -0.05) is 34.1 Å². The quantitative estimate of drug-likeness (QED) is 0.742. The van der Waals surface area contributed by atoms with E-state index in [4.69, 9.17) is 0 Å². The number of rotatable bonds is 4. The Labute approximate surface area is 121 Å². The maximum atomic E-state index is 11.9. The van der Waals surface area contributed by atoms with Crippen molar-refractivity contribution in [2.45, 2.75) is 65.3 Å². The van der Waals surface area contributed by atoms with Crippen LogP contribution in [-0.4, -0.2) is 29.2 Å². The third-order valence-electron chi connectivity index (χ3n) is 4.08. The van der Waals surface area contributed by atoms with Gasteiger partial charge in [-0.05, 0) is 37.0 Å². The lowest BCUT2D eigenvalue weighted by Crippen LogP contribution is -2.59. The molecule has 1 saturated carbocycles. The van der Waals surface area contributed by atoms with Gasteiger partial charge < -0.3 is 15.7 Å². The van der Waals surface area contributed by atoms with Crippen molar-refractivity contribution in [3.05, 3.63) is 0 Å². The highest BCUT2D eigenvalue weighted by molar-refractivity contribution is 5.86. The fourth-order valence-corrected chi connectivity index (χ4v) is 2.58. The van der Waals surface area contributed by atoms with Gasteiger partial charge in [0, 0.05) is 6.54 Å². The predicted molar refractivity (Wildman–Crippen MR) is 78.6 cm³/mol. The molecular weight excluding hydrogens is 256 g/mol. The van der Waals surface area contributed by atoms with Crippen molar-refractivity contribution in [3.63, 3.8) is 0 Å². The van der Waals surface area contributed by atoms with E-state index in [0.29, 0.717) is 25.3 Å². The molecule has 1 fully saturated rings. The zero-order valence-electron chi connectivity index (χ0n) is 13.1. The number of amides is 2. The number of carboxylic acids is 1. The fraction of sp³-hybridized carbons (Fsp3) is 0.867. The molecule has 116 valence electrons. The summed E-state index contributed by atoms with van der Waals surface area (Å²) >= 11 is 0. The van der Waals surface area contributed by atoms with Crippen molar-refractivity contribution in [1.82, 2.24) is 10.6 Å². The first-order valence-corrected chi connectivity index (χ1v) is 7.48. The number of aliphatic carboxylic acids is 1. The van der Waals surface area contributed by atoms with Crippen LogP contribution in [0.2, 0.25) is 0 Å². The number of hydrogen-bond donors (Lipinski definition) is 3. The predicted octanol–water partition coefficient (Wildman–Crippen LogP) is 2.76. The first kappa shape index (κ1) is 16.8. The van der Waals surface area contributed by atoms with E-state index < -0.39 is 11.5 Å². The lowest BCUT2D eigenvalue weighted by atomic mass is 9.75. The molecule has 0 aromatic heterocycles. The van der Waals surface area contributed by atoms with Crippen LogP contribution in [-0.2, 0) is 4.79 Å². The van der Waals surface area contributed by atoms with Crippen LogP contribution in [0.1, 0.15) is 59.8 Å². The fourth-order valence-electron chi connectivity index (χ4n) is 2.58. The summed E-state index contributed by atoms with van der Waals surface area (Å²) in [6, 6.07) is -0.378. The van der Waals surface area contributed by atoms with Gasteiger partial charge in [0.2, 0.25) is 0 Å². The highest BCUT2D eigenvalue weighted by Crippen LogP contribution is 2.34. The molecule has 1 rings (SSSR count). The molecule has 2 amide bonds. The van der Waals surface area contributed by atoms with E-state index in [2.05, 4.69) is 17.6 Å². The van der Waals surface area contributed by atoms with E-state index in [1.807, 2.05) is 20.8 Å². The first-order chi connectivity index (χ1) is 9.18. The van der Waals surface area contributed by atoms with Crippen molar-refractivity contribution in [3.8, 4) is 0 Å². The molecule has 0 aliphatic heterocycles. The van der Waals surface area contributed by atoms with Crippen LogP contribution in [0.5, 0.6) is 0 Å². The van der Waals surface area contributed by atoms with Crippen LogP contribution in [0.3, 0.4) is 0 Å². The summed E-state index contributed by atoms with van der Waals surface area (Å²) in [5.74, 6) is -0.333. The van der Waals surface area contributed by atoms with E-state index in [-0.39, 0.29) is 11.4 Å². The second kappa shape index (κ2) is 6.46. The van der Waals surface area contributed by atoms with E-state index in [1.165, 1.54) is 0 Å². The number of carboxylic acid groups (broad SMARTS) is 1. The van der Waals surface area contributed by atoms with Gasteiger partial charge in [0.05, 0.1) is 0 Å². The third kappa shape index (κ3) is 4.69. The van der Waals surface area contributed by atoms with Gasteiger partial charge >= 0.3 is 12.0 Å². The lowest BCUT2D eigenvalue weighted by molar-refractivity contribution is -0.146. The van der Waals surface area contributed by atoms with Crippen molar-refractivity contribution in [1.29, 1.82) is 0 Å². The summed E-state index contributed by atoms with van der Waals surface area (Å²) in [6.45, 7) is 8.71. The van der Waals surface area contributed by atoms with E-state index in [1.54, 1.807) is 0 Å². The summed E-state index contributed by atoms with van der Waals surface area (Å²) in [5, 5.41) is 14.9. The second-order valence-electron chi connectivity index (χ2n) is 7.11. The smallest absolute Gasteiger partial charge is 0.329 e. The number of carbonyl (C=O) groups excluding carboxylic acids is 1. The molecule has 0 unspecified atom stereocenters. The standard InChI is InChI=1S/C15H28N2O3/c1-5-11-6-8-15(9-7-11,12(18)19)17-13(20)16-10-14(2,3)4/h11H,5-10H2,1-4H3,(H,18,19)(H2,16,17,20). The van der Waals surface area contributed by atoms with E-state index in [9.17, 15) is 14.7 Å². The largest absolute Gasteiger partial charge is 0.480 e. The Balaban J connectivity index is 2.60. The Morgan fingerprint density at radius 2 is 1.80 bits per heavy atom. The molecule has 5 nitrogen and oxygen atoms in total. The van der Waals surface area contributed by atoms with Crippen molar-refractivity contribution in [2.24, 2.45) is 11.3 Å². The molecular formula is C15H28N2O3. The summed E-state index contributed by atoms with van der Waals surface area (Å²) in [4.78, 5) is 23.5. The summed E-state index contributed by atoms with van der Waals surface area (Å²) in [5.41, 5.74) is -1.11. The maximum Gasteiger partial charge on any atom is 0.329 e. The maximum absolute atomic E-state index is 11.9. The summed E-state index contributed by atoms with van der Waals surface area (Å²) < 4.78 is 0. The highest BCUT2D eigenvalue weighted by Gasteiger charge is 2.43. The van der Waals surface area contributed by atoms with Crippen LogP contribution in [0.15, 0.2) is 0 Å². The number of nitrogens with one attached hydrogen (secondary N) is 2. The van der Waals surface area contributed by atoms with Crippen molar-refractivity contribution in [2.75, 3.05) is 6.54 Å². The number of carbonyl (C=O) groups is 2. The Hall–Kier alpha value is -1.26. The molecule has 0 heterocycles. The Kier molecular flexibility index (Phi) is 5.42. The van der Waals surface area contributed by atoms with Crippen molar-refractivity contribution >= 4 is 12.0 Å². The van der Waals surface area contributed by atoms with E-state index in [0.717, 1.165) is 19.3 Å². The molecule has 0 atom stereocenters. The topological polar surface area (TPSA) is 78.4 Å². The average molecular weight is 284 g/mol. The van der Waals surface area contributed by atoms with Crippen LogP contribution < -0.4 is 10.6 Å². The molecule has 0 aromatic carbocycles. The second-order valence-corrected chi connectivity index (χ2v) is 7.11. The van der Waals surface area contributed by atoms with Crippen molar-refractivity contribution < 1.29 is 14.7 Å². The molecule has 1 aliphatic rings. The minimum atomic E-state index is -1.09. The molecule has 1 aliphatic carbocycles. The van der Waals surface area contributed by atoms with Crippen LogP contribution in [0, 0.1) is 11.3 Å². The molecule has 20 heavy (non-hydrogen) atoms. The van der Waals surface area contributed by atoms with Crippen LogP contribution >= 0.6 is 0 Å². The third-order valence-corrected chi connectivity index (χ3v) is 4.08. The molecule has 5 heteroatoms. The highest BCUT2D eigenvalue weighted by atomic mass is 16.4. The Morgan fingerprint density at radius 3 is 2.20 bits per heavy atom. The van der Waals surface area contributed by atoms with Gasteiger partial charge in [-0.2, -0.15) is 0 Å². The average Bonchev–Trinajstić information content (AvgIpc) is 2.36. The normalized spacial score (nSPS) is 26.9. The number of hydrogen-bond acceptors (Lipinski definition) is 2. The van der Waals surface area contributed by atoms with Gasteiger partial charge in [0.25, 0.3) is 0 Å². The van der Waals surface area contributed by atoms with Gasteiger partial charge in [-0.25, -0.2) is 9.59 Å². The SMILES string of the molecule is CCC1CCC(NC(=O)NCC(C)(C)C)(C(=O)O)CC1. The van der Waals surface area contributed by atoms with Gasteiger partial charge in [-0.3, -0.25) is 0 Å². The van der Waals surface area contributed by atoms with Gasteiger partial charge in [-0.15, -0.1) is 0 Å². The lowest BCUT2D eigenvalue weighted by Gasteiger charge is -2.37. The monoisotopic (exact) mass is 284 g/mol. The Bertz CT molecular complexity index is 353. The molecule has 0 aromatic rings. The zero-order chi connectivity index (χ0) is 15.4. The number of urea groups is 1. The minimum absolute atomic E-state index is 0.0202. The molecule has 3 N–H and O–H groups in total. The zero-order valence-corrected chi connectivity index (χ0v) is 13.1. The molecule has 0 saturated heterocycles. The Morgan fingerprint density at radius 1 is 1.25 bits per heavy atom. The van der Waals surface area contributed by atoms with Gasteiger partial charge in [0.1, 0.15) is 5.54 Å². The van der Waals surface area contributed by atoms with Crippen LogP contribution in [0.25, 0.3) is 0 Å². The van der Waals surface area contributed by atoms with Crippen LogP contribution in [0.4, 0.5) is 4.79 Å². The molecule has 0 bridgehead atoms. The summed E-state index contributed by atoms with van der Waals surface area (Å²) in [7, 11) is 0. The minimum Gasteiger partial charge on any atom is -0.480 e. The van der Waals surface area contributed by atoms with Gasteiger partial charge in [0.15, 0.2) is 0 Å². The molecule has 0 spiro atoms. The summed E-state index contributed by atoms with van der Waals surface area (Å²) in [6.07, 6.45) is 3.84. The van der Waals surface area contributed by atoms with E-state index >= 15 is 0 Å². The first-order valence-electron chi connectivity index (χ1n) is 7.48.